The maximum Gasteiger partial charge on any atom is 0.434 e. The van der Waals surface area contributed by atoms with Crippen LogP contribution in [0.25, 0.3) is 32.6 Å². The largest absolute Gasteiger partial charge is 0.496 e. The minimum absolute atomic E-state index is 0.0749. The third-order valence-corrected chi connectivity index (χ3v) is 38.8. The molecule has 0 saturated heterocycles. The van der Waals surface area contributed by atoms with Crippen LogP contribution in [0.3, 0.4) is 0 Å². The Labute approximate surface area is 927 Å². The lowest BCUT2D eigenvalue weighted by molar-refractivity contribution is -0.402. The fraction of sp³-hybridized carbons (Fsp3) is 0.581. The van der Waals surface area contributed by atoms with E-state index in [2.05, 4.69) is 15.1 Å². The highest BCUT2D eigenvalue weighted by atomic mass is 35.5. The van der Waals surface area contributed by atoms with Gasteiger partial charge in [-0.3, -0.25) is 66.4 Å². The van der Waals surface area contributed by atoms with Gasteiger partial charge < -0.3 is 62.6 Å². The number of nitrogens with one attached hydrogen (secondary N) is 1. The minimum Gasteiger partial charge on any atom is -0.496 e. The molecule has 2 fully saturated rings. The molecule has 832 valence electrons. The average molecular weight is 2450 g/mol. The molecule has 149 heavy (non-hydrogen) atoms. The lowest BCUT2D eigenvalue weighted by atomic mass is 10.0. The van der Waals surface area contributed by atoms with Crippen LogP contribution in [0, 0.1) is 40.5 Å². The van der Waals surface area contributed by atoms with Crippen molar-refractivity contribution in [2.45, 2.75) is 97.4 Å². The number of anilines is 1. The van der Waals surface area contributed by atoms with Gasteiger partial charge in [0.25, 0.3) is 5.56 Å². The molecule has 2 saturated carbocycles. The van der Waals surface area contributed by atoms with Crippen LogP contribution in [0.5, 0.6) is 23.0 Å². The second-order valence-electron chi connectivity index (χ2n) is 32.9. The van der Waals surface area contributed by atoms with Crippen molar-refractivity contribution in [3.05, 3.63) is 171 Å². The third kappa shape index (κ3) is 34.7. The number of imidazole rings is 2. The number of aryl methyl sites for hydroxylation is 1. The molecule has 45 nitrogen and oxygen atoms in total. The number of rotatable bonds is 63. The zero-order chi connectivity index (χ0) is 110. The molecular formula is C86H123Cl13N21O24P5. The summed E-state index contributed by atoms with van der Waals surface area (Å²) in [5.41, 5.74) is 3.16. The van der Waals surface area contributed by atoms with Crippen LogP contribution >= 0.6 is 189 Å². The van der Waals surface area contributed by atoms with Gasteiger partial charge >= 0.3 is 61.8 Å². The van der Waals surface area contributed by atoms with Gasteiger partial charge in [0, 0.05) is 222 Å². The topological polar surface area (TPSA) is 484 Å². The van der Waals surface area contributed by atoms with Gasteiger partial charge in [-0.15, -0.1) is 151 Å². The quantitative estimate of drug-likeness (QED) is 0.0117. The van der Waals surface area contributed by atoms with Gasteiger partial charge in [0.2, 0.25) is 12.6 Å². The van der Waals surface area contributed by atoms with Crippen LogP contribution in [0.4, 0.5) is 29.2 Å². The number of alkyl halides is 13. The molecule has 12 rings (SSSR count). The monoisotopic (exact) mass is 2440 g/mol. The van der Waals surface area contributed by atoms with Gasteiger partial charge in [-0.25, -0.2) is 60.8 Å². The number of methoxy groups -OCH3 is 1. The van der Waals surface area contributed by atoms with Crippen LogP contribution in [0.1, 0.15) is 74.6 Å². The summed E-state index contributed by atoms with van der Waals surface area (Å²) in [6, 6.07) is 20.1. The van der Waals surface area contributed by atoms with Crippen molar-refractivity contribution < 1.29 is 88.8 Å². The first-order valence-corrected chi connectivity index (χ1v) is 61.4. The molecule has 0 radical (unpaired) electrons. The zero-order valence-electron chi connectivity index (χ0n) is 83.0. The van der Waals surface area contributed by atoms with Crippen LogP contribution in [0.2, 0.25) is 0 Å². The van der Waals surface area contributed by atoms with E-state index in [0.717, 1.165) is 54.6 Å². The first kappa shape index (κ1) is 129. The Balaban J connectivity index is 0.000000238. The van der Waals surface area contributed by atoms with E-state index in [9.17, 15) is 73.0 Å². The van der Waals surface area contributed by atoms with E-state index in [-0.39, 0.29) is 197 Å². The summed E-state index contributed by atoms with van der Waals surface area (Å²) in [7, 11) is -7.70. The highest BCUT2D eigenvalue weighted by Gasteiger charge is 2.51. The summed E-state index contributed by atoms with van der Waals surface area (Å²) < 4.78 is 140. The molecule has 6 aromatic heterocycles. The van der Waals surface area contributed by atoms with Crippen molar-refractivity contribution in [3.63, 3.8) is 0 Å². The van der Waals surface area contributed by atoms with E-state index >= 15 is 0 Å². The van der Waals surface area contributed by atoms with Crippen molar-refractivity contribution in [1.29, 1.82) is 0 Å². The van der Waals surface area contributed by atoms with E-state index < -0.39 is 63.9 Å². The van der Waals surface area contributed by atoms with E-state index in [4.69, 9.17) is 197 Å². The van der Waals surface area contributed by atoms with Gasteiger partial charge in [0.15, 0.2) is 17.2 Å². The summed E-state index contributed by atoms with van der Waals surface area (Å²) in [4.78, 5) is 78.4. The predicted molar refractivity (Wildman–Crippen MR) is 587 cm³/mol. The number of furan rings is 2. The number of fused-ring (bicyclic) bond motifs is 6. The fourth-order valence-electron chi connectivity index (χ4n) is 15.5. The highest BCUT2D eigenvalue weighted by Crippen LogP contribution is 2.63. The molecule has 7 heterocycles. The first-order chi connectivity index (χ1) is 71.2. The molecule has 2 N–H and O–H groups in total. The van der Waals surface area contributed by atoms with Crippen LogP contribution < -0.4 is 29.6 Å². The van der Waals surface area contributed by atoms with Gasteiger partial charge in [-0.1, -0.05) is 18.8 Å². The molecule has 2 atom stereocenters. The summed E-state index contributed by atoms with van der Waals surface area (Å²) in [6.45, 7) is 8.47. The average Bonchev–Trinajstić information content (AvgIpc) is 0.907. The Morgan fingerprint density at radius 1 is 0.477 bits per heavy atom. The van der Waals surface area contributed by atoms with Crippen molar-refractivity contribution in [2.24, 2.45) is 14.1 Å². The van der Waals surface area contributed by atoms with Crippen LogP contribution in [0.15, 0.2) is 105 Å². The number of pyridine rings is 2. The number of hydrogen-bond donors (Lipinski definition) is 2. The first-order valence-electron chi connectivity index (χ1n) is 46.7. The van der Waals surface area contributed by atoms with Gasteiger partial charge in [0.05, 0.1) is 49.8 Å². The number of benzene rings is 3. The zero-order valence-corrected chi connectivity index (χ0v) is 97.3. The Hall–Kier alpha value is -5.52. The van der Waals surface area contributed by atoms with E-state index in [0.29, 0.717) is 133 Å². The Bertz CT molecular complexity index is 6020. The molecule has 0 amide bonds. The maximum absolute atomic E-state index is 14.8. The van der Waals surface area contributed by atoms with Gasteiger partial charge in [-0.05, 0) is 135 Å². The number of aromatic nitrogens is 6. The van der Waals surface area contributed by atoms with E-state index in [1.54, 1.807) is 94.1 Å². The second kappa shape index (κ2) is 63.2. The summed E-state index contributed by atoms with van der Waals surface area (Å²) in [6.07, 6.45) is 9.66. The van der Waals surface area contributed by atoms with Crippen LogP contribution in [-0.2, 0) is 89.9 Å². The van der Waals surface area contributed by atoms with Crippen molar-refractivity contribution in [2.75, 3.05) is 215 Å². The molecule has 0 spiro atoms. The van der Waals surface area contributed by atoms with Crippen molar-refractivity contribution in [1.82, 2.24) is 75.4 Å². The van der Waals surface area contributed by atoms with Gasteiger partial charge in [0.1, 0.15) is 71.7 Å². The predicted octanol–water partition coefficient (Wildman–Crippen LogP) is 20.9. The number of nitrogens with zero attached hydrogens (tertiary/aromatic N) is 20. The lowest BCUT2D eigenvalue weighted by Gasteiger charge is -2.38. The normalized spacial score (nSPS) is 14.1. The fourth-order valence-corrected chi connectivity index (χ4v) is 31.0. The highest BCUT2D eigenvalue weighted by molar-refractivity contribution is 7.60. The Kier molecular flexibility index (Phi) is 54.5. The molecular weight excluding hydrogens is 2330 g/mol. The molecule has 3 aliphatic rings. The summed E-state index contributed by atoms with van der Waals surface area (Å²) >= 11 is 75.8. The summed E-state index contributed by atoms with van der Waals surface area (Å²) in [5, 5.41) is 49.5. The molecule has 1 aliphatic heterocycles. The number of hydrogen-bond acceptors (Lipinski definition) is 26. The summed E-state index contributed by atoms with van der Waals surface area (Å²) in [5.74, 6) is 4.90. The number of ether oxygens (including phenoxy) is 4. The Morgan fingerprint density at radius 2 is 0.940 bits per heavy atom. The van der Waals surface area contributed by atoms with Gasteiger partial charge in [-0.2, -0.15) is 0 Å². The van der Waals surface area contributed by atoms with Crippen LogP contribution in [-0.4, -0.2) is 322 Å². The molecule has 3 aromatic carbocycles. The minimum atomic E-state index is -3.89. The molecule has 2 unspecified atom stereocenters. The SMILES string of the molecule is CCCN(C)P(=O)(Nc1ccc(OCc2cnc([N+](=O)[O-])n2C)cc1)N(C)CCCl.CCc1cc2c(cc1OC)c(=O)n(CCN(C)P(=O)(OCc1ccc([N+](=O)[O-])o1)N(CCCl)CCCl)c1c3cc4c(cc3ncc21)OCO4.Cn1c([N+](=O)[O-])cnc1COP(=O)(N(CCCl)CCCl)N(CCCl)CCCl.O=P(O)(N(CCCl)CCCl)N(CCCl)CCCl.O=[N+]([O-])c1ccc(COP(=O)(N(CCCl)C2CC2)N(CCCl)C2CC2)o1. The van der Waals surface area contributed by atoms with E-state index in [1.165, 1.54) is 60.7 Å². The molecule has 0 bridgehead atoms. The maximum atomic E-state index is 14.8. The number of halogens is 13. The molecule has 63 heteroatoms. The van der Waals surface area contributed by atoms with Crippen molar-refractivity contribution in [3.8, 4) is 23.0 Å². The molecule has 9 aromatic rings. The lowest BCUT2D eigenvalue weighted by Crippen LogP contribution is -2.37. The van der Waals surface area contributed by atoms with Crippen molar-refractivity contribution >= 4 is 251 Å². The standard InChI is InChI=1S/C32H34Cl2N5O9P.C18H28ClN6O4P.C15H22Cl2N3O5P.C13H22Cl4N5O4P.C8H17Cl4N2O2P/c1-4-20-13-22-23(14-27(20)44-3)32(40)38(31-24-15-28-29(46-19-45-28)16-26(24)35-17-25(22)31)12-11-36(2)49(43,37(9-7-33)10-8-34)47-18-21-5-6-30(48-21)39(41)42;1-5-11-22(2)30(28,23(3)12-10-19)21-15-6-8-17(9-7-15)29-14-16-13-20-18(24(16)4)25(26)27;16-7-9-18(12-1-2-12)26(23,19(10-8-17)13-3-4-13)24-11-14-5-6-15(25-14)20(21)22;1-19-12(18-10-13(19)22(23)24)11-26-27(25,20(6-2-14)7-3-15)21(8-4-16)9-5-17;9-1-5-13(6-2-10)17(15,16)14(7-3-11)8-4-12/h5-6,13-17H,4,7-12,18-19H2,1-3H3;6-9,13H,5,10-12,14H2,1-4H3,(H,21,28);5-6,12-13H,1-4,7-11H2;10H,2-9,11H2,1H3;1-8H2,(H,15,16). The molecule has 2 aliphatic carbocycles. The van der Waals surface area contributed by atoms with E-state index in [1.807, 2.05) is 47.0 Å². The number of nitro groups is 4. The number of likely N-dealkylation sites (N-methyl/N-ethyl adjacent to an activating group) is 1. The Morgan fingerprint density at radius 3 is 1.37 bits per heavy atom. The second-order valence-corrected chi connectivity index (χ2v) is 49.8. The smallest absolute Gasteiger partial charge is 0.434 e. The third-order valence-electron chi connectivity index (χ3n) is 23.3.